The average molecular weight is 624 g/mol. The number of carboxylic acids is 1. The summed E-state index contributed by atoms with van der Waals surface area (Å²) in [5.41, 5.74) is 3.42. The van der Waals surface area contributed by atoms with Gasteiger partial charge in [0.1, 0.15) is 5.75 Å². The highest BCUT2D eigenvalue weighted by Crippen LogP contribution is 2.43. The summed E-state index contributed by atoms with van der Waals surface area (Å²) in [6, 6.07) is 10.8. The van der Waals surface area contributed by atoms with Crippen LogP contribution in [-0.2, 0) is 29.2 Å². The molecule has 3 atom stereocenters. The number of amides is 2. The van der Waals surface area contributed by atoms with Gasteiger partial charge in [-0.05, 0) is 48.6 Å². The molecule has 0 saturated heterocycles. The molecule has 0 radical (unpaired) electrons. The number of hydrogen-bond acceptors (Lipinski definition) is 7. The molecule has 1 aromatic heterocycles. The van der Waals surface area contributed by atoms with E-state index in [0.717, 1.165) is 34.0 Å². The Bertz CT molecular complexity index is 1510. The van der Waals surface area contributed by atoms with Crippen molar-refractivity contribution in [1.29, 1.82) is 0 Å². The van der Waals surface area contributed by atoms with Crippen LogP contribution in [0.15, 0.2) is 45.3 Å². The Hall–Kier alpha value is -3.73. The first-order valence-electron chi connectivity index (χ1n) is 14.0. The summed E-state index contributed by atoms with van der Waals surface area (Å²) in [6.07, 6.45) is 3.21. The predicted octanol–water partition coefficient (Wildman–Crippen LogP) is 4.69. The first kappa shape index (κ1) is 27.4. The van der Waals surface area contributed by atoms with Gasteiger partial charge in [-0.2, -0.15) is 0 Å². The maximum atomic E-state index is 14.2. The van der Waals surface area contributed by atoms with E-state index in [1.54, 1.807) is 16.7 Å². The van der Waals surface area contributed by atoms with Crippen LogP contribution in [0.25, 0.3) is 0 Å². The largest absolute Gasteiger partial charge is 0.483 e. The number of aryl methyl sites for hydroxylation is 1. The van der Waals surface area contributed by atoms with Gasteiger partial charge in [0.05, 0.1) is 17.9 Å². The zero-order chi connectivity index (χ0) is 28.7. The van der Waals surface area contributed by atoms with E-state index in [2.05, 4.69) is 26.1 Å². The molecule has 2 amide bonds. The van der Waals surface area contributed by atoms with Crippen molar-refractivity contribution in [2.75, 3.05) is 13.1 Å². The van der Waals surface area contributed by atoms with Gasteiger partial charge in [-0.15, -0.1) is 10.2 Å². The van der Waals surface area contributed by atoms with Crippen molar-refractivity contribution in [1.82, 2.24) is 20.0 Å². The molecule has 0 bridgehead atoms. The number of benzene rings is 2. The molecular weight excluding hydrogens is 592 g/mol. The number of carboxylic acid groups (broad SMARTS) is 1. The first-order chi connectivity index (χ1) is 19.8. The van der Waals surface area contributed by atoms with Gasteiger partial charge in [-0.3, -0.25) is 14.4 Å². The fourth-order valence-electron chi connectivity index (χ4n) is 6.50. The minimum atomic E-state index is -0.927. The number of ether oxygens (including phenoxy) is 1. The topological polar surface area (TPSA) is 126 Å². The van der Waals surface area contributed by atoms with Gasteiger partial charge in [-0.25, -0.2) is 0 Å². The number of nitrogens with zero attached hydrogens (tertiary/aromatic N) is 4. The van der Waals surface area contributed by atoms with E-state index in [-0.39, 0.29) is 25.0 Å². The summed E-state index contributed by atoms with van der Waals surface area (Å²) in [6.45, 7) is 2.86. The number of carbonyl (C=O) groups is 3. The second-order valence-electron chi connectivity index (χ2n) is 10.9. The molecular formula is C30H31BrN4O6. The zero-order valence-corrected chi connectivity index (χ0v) is 24.3. The molecule has 1 aliphatic carbocycles. The van der Waals surface area contributed by atoms with Gasteiger partial charge < -0.3 is 24.1 Å². The molecule has 0 spiro atoms. The highest BCUT2D eigenvalue weighted by atomic mass is 79.9. The van der Waals surface area contributed by atoms with Crippen LogP contribution in [0.5, 0.6) is 5.75 Å². The Labute approximate surface area is 245 Å². The molecule has 11 heteroatoms. The number of hydrogen-bond donors (Lipinski definition) is 1. The zero-order valence-electron chi connectivity index (χ0n) is 22.7. The molecule has 3 unspecified atom stereocenters. The molecule has 1 saturated carbocycles. The van der Waals surface area contributed by atoms with E-state index in [4.69, 9.17) is 9.15 Å². The van der Waals surface area contributed by atoms with Crippen LogP contribution in [0, 0.1) is 18.8 Å². The molecule has 2 aliphatic heterocycles. The lowest BCUT2D eigenvalue weighted by Gasteiger charge is -2.43. The number of fused-ring (bicyclic) bond motifs is 2. The van der Waals surface area contributed by atoms with Crippen molar-refractivity contribution in [2.24, 2.45) is 11.8 Å². The summed E-state index contributed by atoms with van der Waals surface area (Å²) in [5.74, 6) is -1.17. The van der Waals surface area contributed by atoms with Crippen molar-refractivity contribution in [3.05, 3.63) is 74.9 Å². The first-order valence-corrected chi connectivity index (χ1v) is 14.7. The minimum Gasteiger partial charge on any atom is -0.483 e. The maximum Gasteiger partial charge on any atom is 0.307 e. The maximum absolute atomic E-state index is 14.2. The summed E-state index contributed by atoms with van der Waals surface area (Å²) >= 11 is 3.69. The van der Waals surface area contributed by atoms with E-state index in [9.17, 15) is 19.5 Å². The van der Waals surface area contributed by atoms with Gasteiger partial charge in [0.15, 0.2) is 6.61 Å². The summed E-state index contributed by atoms with van der Waals surface area (Å²) < 4.78 is 12.6. The predicted molar refractivity (Wildman–Crippen MR) is 150 cm³/mol. The van der Waals surface area contributed by atoms with E-state index in [1.165, 1.54) is 0 Å². The lowest BCUT2D eigenvalue weighted by atomic mass is 9.77. The van der Waals surface area contributed by atoms with E-state index in [1.807, 2.05) is 36.4 Å². The van der Waals surface area contributed by atoms with E-state index >= 15 is 0 Å². The normalized spacial score (nSPS) is 21.9. The number of halogens is 1. The van der Waals surface area contributed by atoms with Crippen molar-refractivity contribution in [3.8, 4) is 5.75 Å². The number of rotatable bonds is 7. The molecule has 2 aromatic carbocycles. The molecule has 3 heterocycles. The van der Waals surface area contributed by atoms with Crippen molar-refractivity contribution in [2.45, 2.75) is 58.2 Å². The Kier molecular flexibility index (Phi) is 7.54. The lowest BCUT2D eigenvalue weighted by molar-refractivity contribution is -0.153. The Morgan fingerprint density at radius 3 is 2.63 bits per heavy atom. The van der Waals surface area contributed by atoms with Crippen LogP contribution < -0.4 is 4.74 Å². The summed E-state index contributed by atoms with van der Waals surface area (Å²) in [5, 5.41) is 17.8. The monoisotopic (exact) mass is 622 g/mol. The van der Waals surface area contributed by atoms with Gasteiger partial charge in [0.25, 0.3) is 11.8 Å². The minimum absolute atomic E-state index is 0.0490. The van der Waals surface area contributed by atoms with E-state index < -0.39 is 23.8 Å². The van der Waals surface area contributed by atoms with Crippen molar-refractivity contribution < 1.29 is 28.6 Å². The number of aromatic nitrogens is 2. The quantitative estimate of drug-likeness (QED) is 0.402. The molecule has 214 valence electrons. The highest BCUT2D eigenvalue weighted by molar-refractivity contribution is 9.10. The second-order valence-corrected chi connectivity index (χ2v) is 11.8. The fourth-order valence-corrected chi connectivity index (χ4v) is 7.04. The van der Waals surface area contributed by atoms with Crippen LogP contribution in [0.1, 0.15) is 70.6 Å². The smallest absolute Gasteiger partial charge is 0.307 e. The average Bonchev–Trinajstić information content (AvgIpc) is 3.54. The molecule has 1 N–H and O–H groups in total. The third-order valence-corrected chi connectivity index (χ3v) is 9.21. The summed E-state index contributed by atoms with van der Waals surface area (Å²) in [4.78, 5) is 43.3. The van der Waals surface area contributed by atoms with Crippen LogP contribution >= 0.6 is 15.9 Å². The second kappa shape index (κ2) is 11.3. The number of aliphatic carboxylic acids is 1. The van der Waals surface area contributed by atoms with Gasteiger partial charge in [0.2, 0.25) is 11.8 Å². The molecule has 10 nitrogen and oxygen atoms in total. The lowest BCUT2D eigenvalue weighted by Crippen LogP contribution is -2.50. The Balaban J connectivity index is 1.38. The molecule has 3 aliphatic rings. The van der Waals surface area contributed by atoms with E-state index in [0.29, 0.717) is 55.4 Å². The third kappa shape index (κ3) is 5.23. The summed E-state index contributed by atoms with van der Waals surface area (Å²) in [7, 11) is 0. The van der Waals surface area contributed by atoms with Crippen LogP contribution in [0.4, 0.5) is 0 Å². The Morgan fingerprint density at radius 2 is 1.90 bits per heavy atom. The molecule has 3 aromatic rings. The van der Waals surface area contributed by atoms with Crippen LogP contribution in [0.2, 0.25) is 0 Å². The van der Waals surface area contributed by atoms with Crippen LogP contribution in [-0.4, -0.2) is 56.0 Å². The van der Waals surface area contributed by atoms with Gasteiger partial charge in [-0.1, -0.05) is 47.0 Å². The number of carbonyl (C=O) groups excluding carboxylic acids is 2. The van der Waals surface area contributed by atoms with Crippen molar-refractivity contribution >= 4 is 33.7 Å². The third-order valence-electron chi connectivity index (χ3n) is 8.46. The standard InChI is InChI=1S/C30H31BrN4O6/c1-17-32-33-26(41-17)16-40-25-11-10-23(31)22-12-13-35(29(37)20-8-4-5-9-21(20)30(38)39)24(27(22)25)15-34-14-18-6-2-3-7-19(18)28(34)36/h2-3,6-7,10-11,20-21,24H,4-5,8-9,12-16H2,1H3,(H,38,39). The SMILES string of the molecule is Cc1nnc(COc2ccc(Br)c3c2C(CN2Cc4ccccc4C2=O)N(C(=O)C2CCCCC2C(=O)O)CC3)o1. The molecule has 41 heavy (non-hydrogen) atoms. The van der Waals surface area contributed by atoms with Crippen molar-refractivity contribution in [3.63, 3.8) is 0 Å². The Morgan fingerprint density at radius 1 is 1.12 bits per heavy atom. The highest BCUT2D eigenvalue weighted by Gasteiger charge is 2.44. The molecule has 6 rings (SSSR count). The van der Waals surface area contributed by atoms with Crippen LogP contribution in [0.3, 0.4) is 0 Å². The van der Waals surface area contributed by atoms with Gasteiger partial charge in [0, 0.05) is 42.2 Å². The molecule has 1 fully saturated rings. The fraction of sp³-hybridized carbons (Fsp3) is 0.433. The van der Waals surface area contributed by atoms with Gasteiger partial charge >= 0.3 is 5.97 Å².